The van der Waals surface area contributed by atoms with Crippen LogP contribution >= 0.6 is 0 Å². The Morgan fingerprint density at radius 3 is 1.44 bits per heavy atom. The summed E-state index contributed by atoms with van der Waals surface area (Å²) < 4.78 is 0. The van der Waals surface area contributed by atoms with Crippen LogP contribution in [-0.4, -0.2) is 0 Å². The van der Waals surface area contributed by atoms with Crippen LogP contribution in [0.25, 0.3) is 27.8 Å². The van der Waals surface area contributed by atoms with Gasteiger partial charge in [0.05, 0.1) is 22.7 Å². The number of benzene rings is 7. The van der Waals surface area contributed by atoms with E-state index in [1.165, 1.54) is 83.8 Å². The highest BCUT2D eigenvalue weighted by Crippen LogP contribution is 2.59. The maximum atomic E-state index is 4.72. The van der Waals surface area contributed by atoms with Crippen molar-refractivity contribution in [3.63, 3.8) is 0 Å². The van der Waals surface area contributed by atoms with Crippen LogP contribution in [0.1, 0.15) is 86.1 Å². The molecule has 0 amide bonds. The molecule has 0 saturated heterocycles. The second-order valence-corrected chi connectivity index (χ2v) is 17.5. The van der Waals surface area contributed by atoms with E-state index in [1.807, 2.05) is 0 Å². The molecule has 7 aromatic carbocycles. The summed E-state index contributed by atoms with van der Waals surface area (Å²) in [7, 11) is 0. The molecule has 2 heteroatoms. The molecule has 0 N–H and O–H groups in total. The highest BCUT2D eigenvalue weighted by Gasteiger charge is 2.43. The van der Waals surface area contributed by atoms with Crippen molar-refractivity contribution < 1.29 is 0 Å². The molecule has 55 heavy (non-hydrogen) atoms. The molecule has 0 atom stereocenters. The molecule has 4 aliphatic rings. The molecule has 2 aliphatic heterocycles. The van der Waals surface area contributed by atoms with Crippen molar-refractivity contribution in [2.24, 2.45) is 0 Å². The first-order valence-corrected chi connectivity index (χ1v) is 19.6. The topological polar surface area (TPSA) is 6.48 Å². The van der Waals surface area contributed by atoms with Crippen molar-refractivity contribution in [1.82, 2.24) is 0 Å². The van der Waals surface area contributed by atoms with Crippen LogP contribution in [0.4, 0.5) is 34.1 Å². The Morgan fingerprint density at radius 2 is 0.800 bits per heavy atom. The Morgan fingerprint density at radius 1 is 0.327 bits per heavy atom. The van der Waals surface area contributed by atoms with E-state index in [4.69, 9.17) is 6.58 Å². The van der Waals surface area contributed by atoms with Crippen molar-refractivity contribution in [2.45, 2.75) is 57.8 Å². The molecule has 266 valence electrons. The lowest BCUT2D eigenvalue weighted by atomic mass is 9.72. The van der Waals surface area contributed by atoms with Gasteiger partial charge < -0.3 is 9.80 Å². The van der Waals surface area contributed by atoms with Gasteiger partial charge in [0.2, 0.25) is 0 Å². The van der Waals surface area contributed by atoms with E-state index in [1.54, 1.807) is 0 Å². The van der Waals surface area contributed by atoms with Gasteiger partial charge in [-0.05, 0) is 116 Å². The first-order chi connectivity index (χ1) is 26.5. The van der Waals surface area contributed by atoms with Gasteiger partial charge in [-0.15, -0.1) is 0 Å². The quantitative estimate of drug-likeness (QED) is 0.176. The summed E-state index contributed by atoms with van der Waals surface area (Å²) >= 11 is 0. The van der Waals surface area contributed by atoms with Gasteiger partial charge in [0.1, 0.15) is 0 Å². The highest BCUT2D eigenvalue weighted by atomic mass is 15.2. The minimum absolute atomic E-state index is 0.104. The van der Waals surface area contributed by atoms with Crippen LogP contribution in [0.2, 0.25) is 0 Å². The number of fused-ring (bicyclic) bond motifs is 10. The monoisotopic (exact) mass is 708 g/mol. The molecule has 0 fully saturated rings. The van der Waals surface area contributed by atoms with E-state index in [0.717, 1.165) is 22.6 Å². The molecule has 0 unspecified atom stereocenters. The summed E-state index contributed by atoms with van der Waals surface area (Å²) in [6.45, 7) is 19.0. The molecular weight excluding hydrogens is 665 g/mol. The average Bonchev–Trinajstić information content (AvgIpc) is 3.56. The van der Waals surface area contributed by atoms with E-state index in [2.05, 4.69) is 197 Å². The van der Waals surface area contributed by atoms with E-state index in [0.29, 0.717) is 0 Å². The Kier molecular flexibility index (Phi) is 6.32. The first kappa shape index (κ1) is 32.3. The third-order valence-electron chi connectivity index (χ3n) is 13.5. The van der Waals surface area contributed by atoms with Gasteiger partial charge in [0.15, 0.2) is 0 Å². The first-order valence-electron chi connectivity index (χ1n) is 19.6. The summed E-state index contributed by atoms with van der Waals surface area (Å²) in [5, 5.41) is 0. The molecule has 7 aromatic rings. The Hall–Kier alpha value is -6.12. The van der Waals surface area contributed by atoms with Crippen molar-refractivity contribution in [3.8, 4) is 22.3 Å². The lowest BCUT2D eigenvalue weighted by Gasteiger charge is -2.43. The Balaban J connectivity index is 1.13. The molecule has 0 aromatic heterocycles. The van der Waals surface area contributed by atoms with Crippen molar-refractivity contribution >= 4 is 39.7 Å². The summed E-state index contributed by atoms with van der Waals surface area (Å²) in [4.78, 5) is 5.00. The third kappa shape index (κ3) is 4.15. The lowest BCUT2D eigenvalue weighted by molar-refractivity contribution is 0.627. The molecule has 2 aliphatic carbocycles. The van der Waals surface area contributed by atoms with Crippen LogP contribution < -0.4 is 9.80 Å². The maximum Gasteiger partial charge on any atom is 0.0543 e. The predicted octanol–water partition coefficient (Wildman–Crippen LogP) is 14.3. The number of nitrogens with zero attached hydrogens (tertiary/aromatic N) is 2. The molecule has 11 rings (SSSR count). The van der Waals surface area contributed by atoms with Gasteiger partial charge in [-0.3, -0.25) is 0 Å². The predicted molar refractivity (Wildman–Crippen MR) is 231 cm³/mol. The SMILES string of the molecule is C=C1c2ccccc2N(c2cccc(N3c4ccccc4C(C)(C)c4cc5c(cc43)C(C)(C)c3ccccc3-5)c2)c2cc3c(cc21)-c1ccccc1C3(C)C. The average molecular weight is 709 g/mol. The largest absolute Gasteiger partial charge is 0.310 e. The van der Waals surface area contributed by atoms with Gasteiger partial charge in [-0.25, -0.2) is 0 Å². The number of hydrogen-bond donors (Lipinski definition) is 0. The molecular formula is C53H44N2. The summed E-state index contributed by atoms with van der Waals surface area (Å²) in [5.74, 6) is 0. The molecule has 0 radical (unpaired) electrons. The fraction of sp³-hybridized carbons (Fsp3) is 0.170. The Bertz CT molecular complexity index is 2830. The fourth-order valence-electron chi connectivity index (χ4n) is 10.6. The zero-order valence-electron chi connectivity index (χ0n) is 32.5. The highest BCUT2D eigenvalue weighted by molar-refractivity contribution is 6.03. The zero-order valence-corrected chi connectivity index (χ0v) is 32.5. The molecule has 0 spiro atoms. The minimum atomic E-state index is -0.188. The summed E-state index contributed by atoms with van der Waals surface area (Å²) in [5.41, 5.74) is 23.7. The van der Waals surface area contributed by atoms with Gasteiger partial charge in [0, 0.05) is 38.7 Å². The third-order valence-corrected chi connectivity index (χ3v) is 13.5. The zero-order chi connectivity index (χ0) is 37.6. The summed E-state index contributed by atoms with van der Waals surface area (Å²) in [6, 6.07) is 54.7. The van der Waals surface area contributed by atoms with E-state index in [-0.39, 0.29) is 16.2 Å². The van der Waals surface area contributed by atoms with Crippen molar-refractivity contribution in [1.29, 1.82) is 0 Å². The van der Waals surface area contributed by atoms with Crippen molar-refractivity contribution in [2.75, 3.05) is 9.80 Å². The number of hydrogen-bond acceptors (Lipinski definition) is 2. The molecule has 2 heterocycles. The van der Waals surface area contributed by atoms with Crippen LogP contribution in [0, 0.1) is 0 Å². The van der Waals surface area contributed by atoms with E-state index < -0.39 is 0 Å². The van der Waals surface area contributed by atoms with E-state index >= 15 is 0 Å². The number of para-hydroxylation sites is 2. The Labute approximate surface area is 325 Å². The van der Waals surface area contributed by atoms with E-state index in [9.17, 15) is 0 Å². The van der Waals surface area contributed by atoms with Gasteiger partial charge in [-0.1, -0.05) is 139 Å². The second kappa shape index (κ2) is 10.8. The van der Waals surface area contributed by atoms with Crippen molar-refractivity contribution in [3.05, 3.63) is 197 Å². The smallest absolute Gasteiger partial charge is 0.0543 e. The second-order valence-electron chi connectivity index (χ2n) is 17.5. The van der Waals surface area contributed by atoms with Crippen LogP contribution in [0.5, 0.6) is 0 Å². The number of rotatable bonds is 2. The summed E-state index contributed by atoms with van der Waals surface area (Å²) in [6.07, 6.45) is 0. The lowest BCUT2D eigenvalue weighted by Crippen LogP contribution is -2.31. The number of anilines is 6. The van der Waals surface area contributed by atoms with Crippen LogP contribution in [0.3, 0.4) is 0 Å². The van der Waals surface area contributed by atoms with Crippen LogP contribution in [-0.2, 0) is 16.2 Å². The van der Waals surface area contributed by atoms with Gasteiger partial charge in [-0.2, -0.15) is 0 Å². The minimum Gasteiger partial charge on any atom is -0.310 e. The molecule has 2 nitrogen and oxygen atoms in total. The van der Waals surface area contributed by atoms with Gasteiger partial charge in [0.25, 0.3) is 0 Å². The normalized spacial score (nSPS) is 16.9. The van der Waals surface area contributed by atoms with Crippen LogP contribution in [0.15, 0.2) is 152 Å². The van der Waals surface area contributed by atoms with Gasteiger partial charge >= 0.3 is 0 Å². The maximum absolute atomic E-state index is 4.72. The molecule has 0 saturated carbocycles. The standard InChI is InChI=1S/C53H44N2/c1-32-35-19-10-14-25-47(35)54(49-30-44-39(28-38(32)49)36-20-8-11-22-41(36)51(44,2)3)33-17-16-18-34(27-33)55-48-26-15-13-24-43(48)53(6,7)46-29-40-37-21-9-12-23-42(37)52(4,5)45(40)31-50(46)55/h8-31H,1H2,2-7H3. The molecule has 0 bridgehead atoms. The fourth-order valence-corrected chi connectivity index (χ4v) is 10.6.